The molecule has 0 heterocycles. The molecule has 0 saturated heterocycles. The maximum Gasteiger partial charge on any atom is 0.242 e. The van der Waals surface area contributed by atoms with Crippen LogP contribution in [0.15, 0.2) is 48.5 Å². The monoisotopic (exact) mass is 432 g/mol. The Balaban J connectivity index is 2.24. The lowest BCUT2D eigenvalue weighted by atomic mass is 10.1. The van der Waals surface area contributed by atoms with Crippen molar-refractivity contribution in [3.05, 3.63) is 70.5 Å². The van der Waals surface area contributed by atoms with E-state index in [9.17, 15) is 14.0 Å². The minimum Gasteiger partial charge on any atom is -0.354 e. The standard InChI is InChI=1S/C24H30ClFN2O2/c1-4-22(24(30)27-16-17(2)3)28(14-13-18-9-6-5-7-10-18)23(29)15-19-20(25)11-8-12-21(19)26/h5-12,17,22H,4,13-16H2,1-3H3,(H,27,30)/t22-/m1/s1. The van der Waals surface area contributed by atoms with E-state index in [0.717, 1.165) is 5.56 Å². The van der Waals surface area contributed by atoms with Gasteiger partial charge in [-0.15, -0.1) is 0 Å². The average Bonchev–Trinajstić information content (AvgIpc) is 2.72. The summed E-state index contributed by atoms with van der Waals surface area (Å²) in [4.78, 5) is 27.6. The van der Waals surface area contributed by atoms with Gasteiger partial charge in [-0.2, -0.15) is 0 Å². The lowest BCUT2D eigenvalue weighted by Crippen LogP contribution is -2.51. The molecular formula is C24H30ClFN2O2. The Bertz CT molecular complexity index is 822. The minimum absolute atomic E-state index is 0.159. The number of benzene rings is 2. The van der Waals surface area contributed by atoms with Gasteiger partial charge in [0.1, 0.15) is 11.9 Å². The van der Waals surface area contributed by atoms with Gasteiger partial charge >= 0.3 is 0 Å². The molecule has 30 heavy (non-hydrogen) atoms. The zero-order valence-electron chi connectivity index (χ0n) is 17.8. The molecule has 0 fully saturated rings. The number of hydrogen-bond acceptors (Lipinski definition) is 2. The highest BCUT2D eigenvalue weighted by atomic mass is 35.5. The average molecular weight is 433 g/mol. The Morgan fingerprint density at radius 3 is 2.40 bits per heavy atom. The van der Waals surface area contributed by atoms with E-state index in [1.165, 1.54) is 12.1 Å². The van der Waals surface area contributed by atoms with E-state index < -0.39 is 11.9 Å². The van der Waals surface area contributed by atoms with E-state index in [1.807, 2.05) is 51.1 Å². The maximum atomic E-state index is 14.2. The molecule has 2 aromatic carbocycles. The van der Waals surface area contributed by atoms with Crippen molar-refractivity contribution in [3.8, 4) is 0 Å². The third-order valence-electron chi connectivity index (χ3n) is 4.94. The van der Waals surface area contributed by atoms with E-state index in [2.05, 4.69) is 5.32 Å². The van der Waals surface area contributed by atoms with Crippen LogP contribution in [0, 0.1) is 11.7 Å². The molecule has 162 valence electrons. The molecule has 1 atom stereocenters. The van der Waals surface area contributed by atoms with Crippen molar-refractivity contribution in [3.63, 3.8) is 0 Å². The van der Waals surface area contributed by atoms with Crippen molar-refractivity contribution < 1.29 is 14.0 Å². The summed E-state index contributed by atoms with van der Waals surface area (Å²) >= 11 is 6.12. The quantitative estimate of drug-likeness (QED) is 0.594. The number of nitrogens with zero attached hydrogens (tertiary/aromatic N) is 1. The Morgan fingerprint density at radius 2 is 1.80 bits per heavy atom. The van der Waals surface area contributed by atoms with Gasteiger partial charge in [0, 0.05) is 23.7 Å². The number of nitrogens with one attached hydrogen (secondary N) is 1. The van der Waals surface area contributed by atoms with E-state index in [4.69, 9.17) is 11.6 Å². The molecule has 0 unspecified atom stereocenters. The summed E-state index contributed by atoms with van der Waals surface area (Å²) in [6.45, 7) is 6.80. The fourth-order valence-electron chi connectivity index (χ4n) is 3.27. The molecule has 2 rings (SSSR count). The Kier molecular flexibility index (Phi) is 9.31. The van der Waals surface area contributed by atoms with Gasteiger partial charge in [-0.3, -0.25) is 9.59 Å². The Hall–Kier alpha value is -2.40. The van der Waals surface area contributed by atoms with Crippen LogP contribution < -0.4 is 5.32 Å². The number of amides is 2. The number of hydrogen-bond donors (Lipinski definition) is 1. The van der Waals surface area contributed by atoms with E-state index >= 15 is 0 Å². The van der Waals surface area contributed by atoms with Gasteiger partial charge in [-0.1, -0.05) is 68.8 Å². The summed E-state index contributed by atoms with van der Waals surface area (Å²) in [6, 6.07) is 13.5. The summed E-state index contributed by atoms with van der Waals surface area (Å²) in [7, 11) is 0. The highest BCUT2D eigenvalue weighted by Gasteiger charge is 2.29. The first-order valence-corrected chi connectivity index (χ1v) is 10.7. The first-order chi connectivity index (χ1) is 14.3. The van der Waals surface area contributed by atoms with Crippen LogP contribution in [0.5, 0.6) is 0 Å². The molecule has 0 bridgehead atoms. The van der Waals surface area contributed by atoms with E-state index in [-0.39, 0.29) is 28.8 Å². The SMILES string of the molecule is CC[C@H](C(=O)NCC(C)C)N(CCc1ccccc1)C(=O)Cc1c(F)cccc1Cl. The van der Waals surface area contributed by atoms with Gasteiger partial charge in [0.2, 0.25) is 11.8 Å². The Morgan fingerprint density at radius 1 is 1.10 bits per heavy atom. The lowest BCUT2D eigenvalue weighted by Gasteiger charge is -2.31. The highest BCUT2D eigenvalue weighted by Crippen LogP contribution is 2.21. The molecular weight excluding hydrogens is 403 g/mol. The number of rotatable bonds is 10. The van der Waals surface area contributed by atoms with E-state index in [1.54, 1.807) is 11.0 Å². The molecule has 0 aliphatic heterocycles. The van der Waals surface area contributed by atoms with Crippen molar-refractivity contribution in [1.29, 1.82) is 0 Å². The van der Waals surface area contributed by atoms with Crippen LogP contribution in [0.1, 0.15) is 38.3 Å². The topological polar surface area (TPSA) is 49.4 Å². The van der Waals surface area contributed by atoms with Crippen LogP contribution in [0.25, 0.3) is 0 Å². The molecule has 0 radical (unpaired) electrons. The van der Waals surface area contributed by atoms with Gasteiger partial charge in [0.05, 0.1) is 6.42 Å². The smallest absolute Gasteiger partial charge is 0.242 e. The molecule has 0 aromatic heterocycles. The Labute approximate surface area is 183 Å². The summed E-state index contributed by atoms with van der Waals surface area (Å²) in [6.07, 6.45) is 0.884. The normalized spacial score (nSPS) is 11.9. The molecule has 4 nitrogen and oxygen atoms in total. The van der Waals surface area contributed by atoms with Crippen molar-refractivity contribution in [2.45, 2.75) is 46.1 Å². The molecule has 0 aliphatic rings. The predicted octanol–water partition coefficient (Wildman–Crippen LogP) is 4.64. The van der Waals surface area contributed by atoms with Gasteiger partial charge in [-0.05, 0) is 36.5 Å². The minimum atomic E-state index is -0.620. The molecule has 2 aromatic rings. The third kappa shape index (κ3) is 6.84. The summed E-state index contributed by atoms with van der Waals surface area (Å²) in [5, 5.41) is 3.13. The second kappa shape index (κ2) is 11.7. The lowest BCUT2D eigenvalue weighted by molar-refractivity contribution is -0.140. The fraction of sp³-hybridized carbons (Fsp3) is 0.417. The maximum absolute atomic E-state index is 14.2. The second-order valence-electron chi connectivity index (χ2n) is 7.76. The molecule has 2 amide bonds. The van der Waals surface area contributed by atoms with Crippen molar-refractivity contribution in [1.82, 2.24) is 10.2 Å². The van der Waals surface area contributed by atoms with Gasteiger partial charge in [0.25, 0.3) is 0 Å². The van der Waals surface area contributed by atoms with Crippen LogP contribution in [0.2, 0.25) is 5.02 Å². The molecule has 0 saturated carbocycles. The molecule has 0 aliphatic carbocycles. The van der Waals surface area contributed by atoms with Crippen LogP contribution in [0.4, 0.5) is 4.39 Å². The van der Waals surface area contributed by atoms with Crippen molar-refractivity contribution in [2.24, 2.45) is 5.92 Å². The predicted molar refractivity (Wildman–Crippen MR) is 119 cm³/mol. The van der Waals surface area contributed by atoms with Crippen molar-refractivity contribution in [2.75, 3.05) is 13.1 Å². The van der Waals surface area contributed by atoms with Crippen LogP contribution in [0.3, 0.4) is 0 Å². The third-order valence-corrected chi connectivity index (χ3v) is 5.30. The summed E-state index contributed by atoms with van der Waals surface area (Å²) < 4.78 is 14.2. The van der Waals surface area contributed by atoms with Gasteiger partial charge in [-0.25, -0.2) is 4.39 Å². The highest BCUT2D eigenvalue weighted by molar-refractivity contribution is 6.31. The number of carbonyl (C=O) groups is 2. The zero-order chi connectivity index (χ0) is 22.1. The largest absolute Gasteiger partial charge is 0.354 e. The van der Waals surface area contributed by atoms with Crippen LogP contribution in [-0.2, 0) is 22.4 Å². The molecule has 1 N–H and O–H groups in total. The second-order valence-corrected chi connectivity index (χ2v) is 8.17. The van der Waals surface area contributed by atoms with Crippen LogP contribution in [-0.4, -0.2) is 35.8 Å². The first kappa shape index (κ1) is 23.9. The van der Waals surface area contributed by atoms with Gasteiger partial charge in [0.15, 0.2) is 0 Å². The van der Waals surface area contributed by atoms with Crippen molar-refractivity contribution >= 4 is 23.4 Å². The number of carbonyl (C=O) groups excluding carboxylic acids is 2. The summed E-state index contributed by atoms with van der Waals surface area (Å²) in [5.74, 6) is -0.718. The number of halogens is 2. The van der Waals surface area contributed by atoms with Crippen LogP contribution >= 0.6 is 11.6 Å². The summed E-state index contributed by atoms with van der Waals surface area (Å²) in [5.41, 5.74) is 1.22. The zero-order valence-corrected chi connectivity index (χ0v) is 18.6. The van der Waals surface area contributed by atoms with E-state index in [0.29, 0.717) is 31.8 Å². The van der Waals surface area contributed by atoms with Gasteiger partial charge < -0.3 is 10.2 Å². The molecule has 6 heteroatoms. The fourth-order valence-corrected chi connectivity index (χ4v) is 3.50. The first-order valence-electron chi connectivity index (χ1n) is 10.4. The molecule has 0 spiro atoms.